The van der Waals surface area contributed by atoms with Gasteiger partial charge in [0, 0.05) is 19.4 Å². The molecule has 0 aliphatic carbocycles. The number of hydrazine groups is 1. The Morgan fingerprint density at radius 1 is 0.806 bits per heavy atom. The van der Waals surface area contributed by atoms with Crippen LogP contribution in [0.1, 0.15) is 29.3 Å². The van der Waals surface area contributed by atoms with Gasteiger partial charge in [0.15, 0.2) is 0 Å². The van der Waals surface area contributed by atoms with E-state index in [0.717, 1.165) is 22.2 Å². The standard InChI is InChI=1S/C25H24N4O2/c1-29-22-15-9-8-14-21(22)26-23(29)17-25(31)28-27-24(30)16-20(18-10-4-2-5-11-18)19-12-6-3-7-13-19/h2-15,20H,16-17H2,1H3,(H,27,30)(H,28,31). The molecule has 0 atom stereocenters. The maximum absolute atomic E-state index is 12.6. The van der Waals surface area contributed by atoms with Crippen LogP contribution in [0.25, 0.3) is 11.0 Å². The van der Waals surface area contributed by atoms with Crippen molar-refractivity contribution in [2.24, 2.45) is 7.05 Å². The average Bonchev–Trinajstić information content (AvgIpc) is 3.12. The van der Waals surface area contributed by atoms with Crippen molar-refractivity contribution in [2.45, 2.75) is 18.8 Å². The van der Waals surface area contributed by atoms with Crippen LogP contribution in [0.3, 0.4) is 0 Å². The van der Waals surface area contributed by atoms with Crippen molar-refractivity contribution in [2.75, 3.05) is 0 Å². The molecule has 156 valence electrons. The van der Waals surface area contributed by atoms with E-state index in [-0.39, 0.29) is 30.6 Å². The summed E-state index contributed by atoms with van der Waals surface area (Å²) in [6.07, 6.45) is 0.298. The van der Waals surface area contributed by atoms with Gasteiger partial charge in [0.05, 0.1) is 17.5 Å². The summed E-state index contributed by atoms with van der Waals surface area (Å²) in [5.74, 6) is -0.0303. The molecule has 0 spiro atoms. The van der Waals surface area contributed by atoms with Crippen LogP contribution >= 0.6 is 0 Å². The number of nitrogens with zero attached hydrogens (tertiary/aromatic N) is 2. The minimum atomic E-state index is -0.317. The summed E-state index contributed by atoms with van der Waals surface area (Å²) in [7, 11) is 1.88. The predicted octanol–water partition coefficient (Wildman–Crippen LogP) is 3.49. The topological polar surface area (TPSA) is 76.0 Å². The Morgan fingerprint density at radius 3 is 1.97 bits per heavy atom. The highest BCUT2D eigenvalue weighted by molar-refractivity contribution is 5.84. The smallest absolute Gasteiger partial charge is 0.245 e. The molecule has 4 rings (SSSR count). The molecule has 0 saturated carbocycles. The zero-order valence-corrected chi connectivity index (χ0v) is 17.3. The third-order valence-corrected chi connectivity index (χ3v) is 5.33. The van der Waals surface area contributed by atoms with Gasteiger partial charge < -0.3 is 4.57 Å². The van der Waals surface area contributed by atoms with Crippen LogP contribution in [0.2, 0.25) is 0 Å². The van der Waals surface area contributed by atoms with Gasteiger partial charge in [-0.25, -0.2) is 4.98 Å². The number of para-hydroxylation sites is 2. The van der Waals surface area contributed by atoms with Gasteiger partial charge in [0.1, 0.15) is 5.82 Å². The van der Waals surface area contributed by atoms with Gasteiger partial charge in [-0.3, -0.25) is 20.4 Å². The Labute approximate surface area is 180 Å². The quantitative estimate of drug-likeness (QED) is 0.476. The van der Waals surface area contributed by atoms with Crippen LogP contribution in [-0.4, -0.2) is 21.4 Å². The number of hydrogen-bond acceptors (Lipinski definition) is 3. The summed E-state index contributed by atoms with van der Waals surface area (Å²) in [4.78, 5) is 29.5. The lowest BCUT2D eigenvalue weighted by Gasteiger charge is -2.18. The number of benzene rings is 3. The van der Waals surface area contributed by atoms with E-state index >= 15 is 0 Å². The first-order valence-corrected chi connectivity index (χ1v) is 10.2. The Bertz CT molecular complexity index is 1150. The Balaban J connectivity index is 1.39. The Kier molecular flexibility index (Phi) is 6.08. The van der Waals surface area contributed by atoms with E-state index in [9.17, 15) is 9.59 Å². The molecule has 1 heterocycles. The lowest BCUT2D eigenvalue weighted by Crippen LogP contribution is -2.43. The van der Waals surface area contributed by atoms with Crippen molar-refractivity contribution >= 4 is 22.8 Å². The van der Waals surface area contributed by atoms with Gasteiger partial charge in [-0.15, -0.1) is 0 Å². The number of aryl methyl sites for hydroxylation is 1. The molecule has 4 aromatic rings. The molecule has 0 saturated heterocycles. The number of nitrogens with one attached hydrogen (secondary N) is 2. The Hall–Kier alpha value is -3.93. The molecule has 0 aliphatic rings. The summed E-state index contributed by atoms with van der Waals surface area (Å²) in [6.45, 7) is 0. The minimum Gasteiger partial charge on any atom is -0.331 e. The molecule has 2 N–H and O–H groups in total. The first-order valence-electron chi connectivity index (χ1n) is 10.2. The maximum Gasteiger partial charge on any atom is 0.245 e. The molecule has 0 radical (unpaired) electrons. The first kappa shape index (κ1) is 20.3. The van der Waals surface area contributed by atoms with E-state index in [1.807, 2.05) is 96.5 Å². The molecule has 3 aromatic carbocycles. The molecule has 0 aliphatic heterocycles. The highest BCUT2D eigenvalue weighted by Gasteiger charge is 2.19. The zero-order chi connectivity index (χ0) is 21.6. The fourth-order valence-electron chi connectivity index (χ4n) is 3.72. The van der Waals surface area contributed by atoms with Gasteiger partial charge in [0.25, 0.3) is 0 Å². The summed E-state index contributed by atoms with van der Waals surface area (Å²) in [5, 5.41) is 0. The summed E-state index contributed by atoms with van der Waals surface area (Å²) in [6, 6.07) is 27.5. The van der Waals surface area contributed by atoms with Crippen LogP contribution in [0.4, 0.5) is 0 Å². The van der Waals surface area contributed by atoms with E-state index in [2.05, 4.69) is 15.8 Å². The molecule has 2 amide bonds. The van der Waals surface area contributed by atoms with E-state index in [1.54, 1.807) is 0 Å². The van der Waals surface area contributed by atoms with Crippen LogP contribution in [0.15, 0.2) is 84.9 Å². The number of carbonyl (C=O) groups excluding carboxylic acids is 2. The third kappa shape index (κ3) is 4.80. The number of amides is 2. The number of aromatic nitrogens is 2. The van der Waals surface area contributed by atoms with Gasteiger partial charge in [-0.05, 0) is 23.3 Å². The lowest BCUT2D eigenvalue weighted by molar-refractivity contribution is -0.128. The van der Waals surface area contributed by atoms with Gasteiger partial charge in [-0.2, -0.15) is 0 Å². The number of rotatable bonds is 6. The molecular formula is C25H24N4O2. The van der Waals surface area contributed by atoms with E-state index in [1.165, 1.54) is 0 Å². The molecule has 0 bridgehead atoms. The normalized spacial score (nSPS) is 10.9. The van der Waals surface area contributed by atoms with Crippen molar-refractivity contribution in [3.63, 3.8) is 0 Å². The second-order valence-electron chi connectivity index (χ2n) is 7.43. The van der Waals surface area contributed by atoms with Crippen molar-refractivity contribution < 1.29 is 9.59 Å². The molecule has 0 unspecified atom stereocenters. The van der Waals surface area contributed by atoms with E-state index < -0.39 is 0 Å². The van der Waals surface area contributed by atoms with Crippen molar-refractivity contribution in [3.8, 4) is 0 Å². The second kappa shape index (κ2) is 9.26. The molecule has 31 heavy (non-hydrogen) atoms. The maximum atomic E-state index is 12.6. The van der Waals surface area contributed by atoms with Crippen LogP contribution < -0.4 is 10.9 Å². The predicted molar refractivity (Wildman–Crippen MR) is 120 cm³/mol. The number of fused-ring (bicyclic) bond motifs is 1. The molecule has 6 nitrogen and oxygen atoms in total. The highest BCUT2D eigenvalue weighted by atomic mass is 16.2. The monoisotopic (exact) mass is 412 g/mol. The second-order valence-corrected chi connectivity index (χ2v) is 7.43. The SMILES string of the molecule is Cn1c(CC(=O)NNC(=O)CC(c2ccccc2)c2ccccc2)nc2ccccc21. The van der Waals surface area contributed by atoms with Crippen LogP contribution in [-0.2, 0) is 23.1 Å². The lowest BCUT2D eigenvalue weighted by atomic mass is 9.88. The van der Waals surface area contributed by atoms with E-state index in [4.69, 9.17) is 0 Å². The summed E-state index contributed by atoms with van der Waals surface area (Å²) < 4.78 is 1.89. The summed E-state index contributed by atoms with van der Waals surface area (Å²) >= 11 is 0. The van der Waals surface area contributed by atoms with Crippen LogP contribution in [0.5, 0.6) is 0 Å². The first-order chi connectivity index (χ1) is 15.1. The zero-order valence-electron chi connectivity index (χ0n) is 17.3. The largest absolute Gasteiger partial charge is 0.331 e. The average molecular weight is 412 g/mol. The fourth-order valence-corrected chi connectivity index (χ4v) is 3.72. The molecule has 1 aromatic heterocycles. The molecule has 6 heteroatoms. The van der Waals surface area contributed by atoms with Gasteiger partial charge >= 0.3 is 0 Å². The van der Waals surface area contributed by atoms with Crippen molar-refractivity contribution in [1.82, 2.24) is 20.4 Å². The minimum absolute atomic E-state index is 0.0757. The van der Waals surface area contributed by atoms with Crippen molar-refractivity contribution in [1.29, 1.82) is 0 Å². The number of hydrogen-bond donors (Lipinski definition) is 2. The summed E-state index contributed by atoms with van der Waals surface area (Å²) in [5.41, 5.74) is 8.97. The number of imidazole rings is 1. The highest BCUT2D eigenvalue weighted by Crippen LogP contribution is 2.27. The van der Waals surface area contributed by atoms with Crippen molar-refractivity contribution in [3.05, 3.63) is 102 Å². The fraction of sp³-hybridized carbons (Fsp3) is 0.160. The Morgan fingerprint density at radius 2 is 1.35 bits per heavy atom. The van der Waals surface area contributed by atoms with Gasteiger partial charge in [-0.1, -0.05) is 72.8 Å². The molecule has 0 fully saturated rings. The third-order valence-electron chi connectivity index (χ3n) is 5.33. The van der Waals surface area contributed by atoms with E-state index in [0.29, 0.717) is 5.82 Å². The van der Waals surface area contributed by atoms with Crippen LogP contribution in [0, 0.1) is 0 Å². The van der Waals surface area contributed by atoms with Gasteiger partial charge in [0.2, 0.25) is 11.8 Å². The number of carbonyl (C=O) groups is 2. The molecular weight excluding hydrogens is 388 g/mol.